The van der Waals surface area contributed by atoms with Crippen molar-refractivity contribution in [2.24, 2.45) is 0 Å². The van der Waals surface area contributed by atoms with E-state index in [-0.39, 0.29) is 40.5 Å². The second kappa shape index (κ2) is 6.43. The van der Waals surface area contributed by atoms with Crippen LogP contribution in [-0.4, -0.2) is 65.2 Å². The Balaban J connectivity index is 2.30. The molecule has 1 aromatic rings. The average molecular weight is 354 g/mol. The van der Waals surface area contributed by atoms with Crippen molar-refractivity contribution >= 4 is 38.9 Å². The van der Waals surface area contributed by atoms with Gasteiger partial charge < -0.3 is 10.0 Å². The summed E-state index contributed by atoms with van der Waals surface area (Å²) in [5, 5.41) is 16.1. The molecule has 0 aromatic carbocycles. The van der Waals surface area contributed by atoms with E-state index in [2.05, 4.69) is 10.2 Å². The van der Waals surface area contributed by atoms with Crippen molar-refractivity contribution in [2.45, 2.75) is 12.5 Å². The lowest BCUT2D eigenvalue weighted by Crippen LogP contribution is -2.43. The fourth-order valence-corrected chi connectivity index (χ4v) is 4.29. The second-order valence-electron chi connectivity index (χ2n) is 4.65. The molecule has 1 aliphatic heterocycles. The van der Waals surface area contributed by atoms with Gasteiger partial charge in [-0.25, -0.2) is 8.42 Å². The van der Waals surface area contributed by atoms with Crippen LogP contribution >= 0.6 is 23.2 Å². The molecule has 0 spiro atoms. The molecule has 116 valence electrons. The van der Waals surface area contributed by atoms with Gasteiger partial charge in [0, 0.05) is 12.6 Å². The zero-order valence-electron chi connectivity index (χ0n) is 10.9. The van der Waals surface area contributed by atoms with E-state index < -0.39 is 21.8 Å². The SMILES string of the molecule is O=C(c1cc(Cl)nnc1Cl)N(CCO)C1CCS(=O)(=O)C1. The highest BCUT2D eigenvalue weighted by Gasteiger charge is 2.35. The molecule has 0 aliphatic carbocycles. The Morgan fingerprint density at radius 1 is 1.43 bits per heavy atom. The van der Waals surface area contributed by atoms with Gasteiger partial charge in [0.05, 0.1) is 23.7 Å². The molecule has 0 saturated carbocycles. The fourth-order valence-electron chi connectivity index (χ4n) is 2.24. The maximum Gasteiger partial charge on any atom is 0.257 e. The molecular weight excluding hydrogens is 341 g/mol. The minimum atomic E-state index is -3.16. The highest BCUT2D eigenvalue weighted by molar-refractivity contribution is 7.91. The summed E-state index contributed by atoms with van der Waals surface area (Å²) in [4.78, 5) is 13.8. The van der Waals surface area contributed by atoms with Gasteiger partial charge in [-0.3, -0.25) is 4.79 Å². The fraction of sp³-hybridized carbons (Fsp3) is 0.545. The summed E-state index contributed by atoms with van der Waals surface area (Å²) in [5.74, 6) is -0.619. The molecule has 1 fully saturated rings. The summed E-state index contributed by atoms with van der Waals surface area (Å²) < 4.78 is 23.1. The van der Waals surface area contributed by atoms with E-state index in [1.165, 1.54) is 11.0 Å². The molecule has 0 bridgehead atoms. The number of nitrogens with zero attached hydrogens (tertiary/aromatic N) is 3. The molecule has 1 N–H and O–H groups in total. The van der Waals surface area contributed by atoms with Crippen LogP contribution in [-0.2, 0) is 9.84 Å². The number of carbonyl (C=O) groups excluding carboxylic acids is 1. The van der Waals surface area contributed by atoms with Gasteiger partial charge in [-0.1, -0.05) is 23.2 Å². The number of hydrogen-bond acceptors (Lipinski definition) is 6. The highest BCUT2D eigenvalue weighted by Crippen LogP contribution is 2.23. The highest BCUT2D eigenvalue weighted by atomic mass is 35.5. The first-order valence-corrected chi connectivity index (χ1v) is 8.73. The second-order valence-corrected chi connectivity index (χ2v) is 7.62. The first-order chi connectivity index (χ1) is 9.84. The molecule has 1 saturated heterocycles. The lowest BCUT2D eigenvalue weighted by Gasteiger charge is -2.27. The predicted octanol–water partition coefficient (Wildman–Crippen LogP) is 0.405. The largest absolute Gasteiger partial charge is 0.395 e. The van der Waals surface area contributed by atoms with Crippen LogP contribution < -0.4 is 0 Å². The zero-order valence-corrected chi connectivity index (χ0v) is 13.2. The third kappa shape index (κ3) is 3.82. The number of rotatable bonds is 4. The zero-order chi connectivity index (χ0) is 15.6. The van der Waals surface area contributed by atoms with Gasteiger partial charge in [0.1, 0.15) is 0 Å². The predicted molar refractivity (Wildman–Crippen MR) is 77.2 cm³/mol. The molecular formula is C11H13Cl2N3O4S. The van der Waals surface area contributed by atoms with E-state index in [0.717, 1.165) is 0 Å². The van der Waals surface area contributed by atoms with Gasteiger partial charge in [-0.15, -0.1) is 10.2 Å². The quantitative estimate of drug-likeness (QED) is 0.840. The van der Waals surface area contributed by atoms with E-state index in [9.17, 15) is 13.2 Å². The number of aromatic nitrogens is 2. The smallest absolute Gasteiger partial charge is 0.257 e. The van der Waals surface area contributed by atoms with Crippen molar-refractivity contribution in [1.82, 2.24) is 15.1 Å². The summed E-state index contributed by atoms with van der Waals surface area (Å²) in [6.45, 7) is -0.276. The van der Waals surface area contributed by atoms with E-state index in [4.69, 9.17) is 28.3 Å². The van der Waals surface area contributed by atoms with Gasteiger partial charge in [0.2, 0.25) is 0 Å². The van der Waals surface area contributed by atoms with E-state index in [1.54, 1.807) is 0 Å². The number of sulfone groups is 1. The lowest BCUT2D eigenvalue weighted by molar-refractivity contribution is 0.0655. The van der Waals surface area contributed by atoms with Crippen molar-refractivity contribution in [3.05, 3.63) is 21.9 Å². The number of halogens is 2. The molecule has 2 heterocycles. The van der Waals surface area contributed by atoms with E-state index in [0.29, 0.717) is 6.42 Å². The van der Waals surface area contributed by atoms with Crippen LogP contribution in [0, 0.1) is 0 Å². The number of aliphatic hydroxyl groups is 1. The van der Waals surface area contributed by atoms with E-state index in [1.807, 2.05) is 0 Å². The summed E-state index contributed by atoms with van der Waals surface area (Å²) in [5.41, 5.74) is 0.0365. The molecule has 1 aromatic heterocycles. The van der Waals surface area contributed by atoms with Gasteiger partial charge >= 0.3 is 0 Å². The molecule has 21 heavy (non-hydrogen) atoms. The Kier molecular flexibility index (Phi) is 5.03. The Labute approximate surface area is 131 Å². The van der Waals surface area contributed by atoms with E-state index >= 15 is 0 Å². The molecule has 0 radical (unpaired) electrons. The Morgan fingerprint density at radius 2 is 2.14 bits per heavy atom. The van der Waals surface area contributed by atoms with Gasteiger partial charge in [0.15, 0.2) is 20.1 Å². The molecule has 1 aliphatic rings. The van der Waals surface area contributed by atoms with Gasteiger partial charge in [0.25, 0.3) is 5.91 Å². The van der Waals surface area contributed by atoms with Gasteiger partial charge in [-0.05, 0) is 12.5 Å². The standard InChI is InChI=1S/C11H13Cl2N3O4S/c12-9-5-8(10(13)15-14-9)11(18)16(2-3-17)7-1-4-21(19,20)6-7/h5,7,17H,1-4,6H2. The number of carbonyl (C=O) groups is 1. The van der Waals surface area contributed by atoms with Crippen LogP contribution in [0.2, 0.25) is 10.3 Å². The minimum Gasteiger partial charge on any atom is -0.395 e. The summed E-state index contributed by atoms with van der Waals surface area (Å²) >= 11 is 11.5. The van der Waals surface area contributed by atoms with Crippen molar-refractivity contribution in [3.63, 3.8) is 0 Å². The normalized spacial score (nSPS) is 20.4. The Hall–Kier alpha value is -0.960. The molecule has 1 unspecified atom stereocenters. The first kappa shape index (κ1) is 16.4. The first-order valence-electron chi connectivity index (χ1n) is 6.15. The third-order valence-corrected chi connectivity index (χ3v) is 5.41. The Morgan fingerprint density at radius 3 is 2.71 bits per heavy atom. The minimum absolute atomic E-state index is 0.00532. The topological polar surface area (TPSA) is 100 Å². The van der Waals surface area contributed by atoms with Crippen LogP contribution in [0.1, 0.15) is 16.8 Å². The van der Waals surface area contributed by atoms with Crippen molar-refractivity contribution in [3.8, 4) is 0 Å². The van der Waals surface area contributed by atoms with Crippen LogP contribution in [0.3, 0.4) is 0 Å². The molecule has 10 heteroatoms. The summed E-state index contributed by atoms with van der Waals surface area (Å²) in [6.07, 6.45) is 0.331. The van der Waals surface area contributed by atoms with Crippen LogP contribution in [0.4, 0.5) is 0 Å². The number of amides is 1. The number of aliphatic hydroxyl groups excluding tert-OH is 1. The maximum absolute atomic E-state index is 12.5. The molecule has 1 amide bonds. The van der Waals surface area contributed by atoms with Crippen molar-refractivity contribution in [2.75, 3.05) is 24.7 Å². The molecule has 7 nitrogen and oxygen atoms in total. The van der Waals surface area contributed by atoms with Gasteiger partial charge in [-0.2, -0.15) is 0 Å². The maximum atomic E-state index is 12.5. The van der Waals surface area contributed by atoms with Crippen molar-refractivity contribution in [1.29, 1.82) is 0 Å². The summed E-state index contributed by atoms with van der Waals surface area (Å²) in [7, 11) is -3.16. The van der Waals surface area contributed by atoms with Crippen LogP contribution in [0.25, 0.3) is 0 Å². The Bertz CT molecular complexity index is 653. The van der Waals surface area contributed by atoms with Crippen LogP contribution in [0.5, 0.6) is 0 Å². The third-order valence-electron chi connectivity index (χ3n) is 3.20. The molecule has 1 atom stereocenters. The number of hydrogen-bond donors (Lipinski definition) is 1. The van der Waals surface area contributed by atoms with Crippen LogP contribution in [0.15, 0.2) is 6.07 Å². The average Bonchev–Trinajstić information content (AvgIpc) is 2.78. The van der Waals surface area contributed by atoms with Crippen molar-refractivity contribution < 1.29 is 18.3 Å². The monoisotopic (exact) mass is 353 g/mol. The molecule has 2 rings (SSSR count). The lowest BCUT2D eigenvalue weighted by atomic mass is 10.2. The summed E-state index contributed by atoms with van der Waals surface area (Å²) in [6, 6.07) is 0.783.